The Labute approximate surface area is 123 Å². The second-order valence-corrected chi connectivity index (χ2v) is 6.59. The molecule has 4 rings (SSSR count). The number of nitrogens with zero attached hydrogens (tertiary/aromatic N) is 2. The first-order chi connectivity index (χ1) is 9.60. The van der Waals surface area contributed by atoms with Crippen molar-refractivity contribution in [2.24, 2.45) is 5.16 Å². The van der Waals surface area contributed by atoms with Crippen LogP contribution in [-0.2, 0) is 4.84 Å². The molecular weight excluding hydrogens is 328 g/mol. The lowest BCUT2D eigenvalue weighted by Crippen LogP contribution is -2.57. The van der Waals surface area contributed by atoms with Crippen molar-refractivity contribution >= 4 is 27.3 Å². The maximum atomic E-state index is 10.9. The van der Waals surface area contributed by atoms with Crippen molar-refractivity contribution in [2.75, 3.05) is 0 Å². The van der Waals surface area contributed by atoms with Gasteiger partial charge in [0.05, 0.1) is 10.5 Å². The molecule has 3 unspecified atom stereocenters. The summed E-state index contributed by atoms with van der Waals surface area (Å²) < 4.78 is 5.55. The molecule has 1 aliphatic carbocycles. The van der Waals surface area contributed by atoms with Gasteiger partial charge in [-0.15, -0.1) is 0 Å². The summed E-state index contributed by atoms with van der Waals surface area (Å²) in [5.74, 6) is 0.639. The molecule has 0 N–H and O–H groups in total. The van der Waals surface area contributed by atoms with E-state index in [4.69, 9.17) is 9.57 Å². The molecule has 2 heterocycles. The average molecular weight is 339 g/mol. The van der Waals surface area contributed by atoms with E-state index in [1.54, 1.807) is 6.07 Å². The van der Waals surface area contributed by atoms with Gasteiger partial charge in [0, 0.05) is 12.1 Å². The third-order valence-corrected chi connectivity index (χ3v) is 5.60. The Morgan fingerprint density at radius 1 is 1.40 bits per heavy atom. The van der Waals surface area contributed by atoms with E-state index in [0.29, 0.717) is 11.3 Å². The first kappa shape index (κ1) is 12.1. The number of rotatable bonds is 1. The Hall–Kier alpha value is -1.63. The van der Waals surface area contributed by atoms with Gasteiger partial charge in [-0.3, -0.25) is 10.1 Å². The fourth-order valence-corrected chi connectivity index (χ4v) is 4.13. The van der Waals surface area contributed by atoms with Crippen LogP contribution in [0.1, 0.15) is 24.8 Å². The molecule has 3 aliphatic rings. The Bertz CT molecular complexity index is 647. The molecule has 3 atom stereocenters. The number of alkyl halides is 1. The molecular formula is C13H11BrN2O4. The van der Waals surface area contributed by atoms with Crippen molar-refractivity contribution in [3.8, 4) is 5.75 Å². The van der Waals surface area contributed by atoms with E-state index >= 15 is 0 Å². The van der Waals surface area contributed by atoms with Crippen LogP contribution in [0.5, 0.6) is 5.75 Å². The highest BCUT2D eigenvalue weighted by Crippen LogP contribution is 2.50. The highest BCUT2D eigenvalue weighted by Gasteiger charge is 2.59. The molecule has 0 spiro atoms. The fraction of sp³-hybridized carbons (Fsp3) is 0.462. The molecule has 0 radical (unpaired) electrons. The third-order valence-electron chi connectivity index (χ3n) is 4.20. The van der Waals surface area contributed by atoms with E-state index in [1.165, 1.54) is 12.1 Å². The van der Waals surface area contributed by atoms with E-state index in [9.17, 15) is 10.1 Å². The van der Waals surface area contributed by atoms with E-state index in [1.807, 2.05) is 0 Å². The number of fused-ring (bicyclic) bond motifs is 2. The number of nitro benzene ring substituents is 1. The van der Waals surface area contributed by atoms with Crippen molar-refractivity contribution in [1.29, 1.82) is 0 Å². The predicted molar refractivity (Wildman–Crippen MR) is 74.4 cm³/mol. The van der Waals surface area contributed by atoms with Gasteiger partial charge in [0.25, 0.3) is 5.69 Å². The van der Waals surface area contributed by atoms with E-state index in [2.05, 4.69) is 21.1 Å². The number of non-ortho nitro benzene ring substituents is 1. The summed E-state index contributed by atoms with van der Waals surface area (Å²) in [4.78, 5) is 16.0. The molecule has 0 amide bonds. The van der Waals surface area contributed by atoms with Gasteiger partial charge in [-0.2, -0.15) is 0 Å². The largest absolute Gasteiger partial charge is 0.488 e. The summed E-state index contributed by atoms with van der Waals surface area (Å²) in [6.07, 6.45) is 2.73. The van der Waals surface area contributed by atoms with Crippen LogP contribution in [0.25, 0.3) is 0 Å². The summed E-state index contributed by atoms with van der Waals surface area (Å²) in [7, 11) is 0. The summed E-state index contributed by atoms with van der Waals surface area (Å²) >= 11 is 3.75. The first-order valence-electron chi connectivity index (χ1n) is 6.49. The van der Waals surface area contributed by atoms with Crippen LogP contribution in [-0.4, -0.2) is 27.2 Å². The summed E-state index contributed by atoms with van der Waals surface area (Å²) in [6.45, 7) is 0. The van der Waals surface area contributed by atoms with Gasteiger partial charge in [-0.05, 0) is 25.3 Å². The molecule has 1 aromatic carbocycles. The minimum Gasteiger partial charge on any atom is -0.488 e. The van der Waals surface area contributed by atoms with Crippen molar-refractivity contribution in [1.82, 2.24) is 0 Å². The number of hydrogen-bond donors (Lipinski definition) is 0. The van der Waals surface area contributed by atoms with Crippen molar-refractivity contribution in [2.45, 2.75) is 35.8 Å². The van der Waals surface area contributed by atoms with Gasteiger partial charge in [0.2, 0.25) is 0 Å². The number of oxime groups is 1. The van der Waals surface area contributed by atoms with Crippen LogP contribution in [0.2, 0.25) is 0 Å². The molecule has 7 heteroatoms. The van der Waals surface area contributed by atoms with Crippen molar-refractivity contribution < 1.29 is 14.5 Å². The Balaban J connectivity index is 1.89. The maximum absolute atomic E-state index is 10.9. The quantitative estimate of drug-likeness (QED) is 0.448. The lowest BCUT2D eigenvalue weighted by Gasteiger charge is -2.43. The smallest absolute Gasteiger partial charge is 0.270 e. The molecule has 1 aromatic rings. The molecule has 0 aromatic heterocycles. The minimum atomic E-state index is -0.479. The zero-order valence-electron chi connectivity index (χ0n) is 10.4. The topological polar surface area (TPSA) is 74.0 Å². The van der Waals surface area contributed by atoms with Crippen LogP contribution in [0, 0.1) is 10.1 Å². The lowest BCUT2D eigenvalue weighted by molar-refractivity contribution is -0.384. The van der Waals surface area contributed by atoms with Crippen LogP contribution in [0.4, 0.5) is 5.69 Å². The highest BCUT2D eigenvalue weighted by molar-refractivity contribution is 9.10. The molecule has 104 valence electrons. The lowest BCUT2D eigenvalue weighted by atomic mass is 9.77. The Morgan fingerprint density at radius 3 is 3.00 bits per heavy atom. The predicted octanol–water partition coefficient (Wildman–Crippen LogP) is 2.78. The maximum Gasteiger partial charge on any atom is 0.270 e. The molecule has 2 aliphatic heterocycles. The van der Waals surface area contributed by atoms with Crippen molar-refractivity contribution in [3.05, 3.63) is 33.9 Å². The van der Waals surface area contributed by atoms with Gasteiger partial charge < -0.3 is 9.57 Å². The second-order valence-electron chi connectivity index (χ2n) is 5.28. The van der Waals surface area contributed by atoms with Gasteiger partial charge >= 0.3 is 0 Å². The standard InChI is InChI=1S/C13H11BrN2O4/c14-13-10-2-1-3-11(13)20-15-12(13)8-6-7(16(17)18)4-5-9(8)19-10/h4-6,10-11H,1-3H2. The molecule has 0 saturated heterocycles. The number of hydrogen-bond acceptors (Lipinski definition) is 5. The zero-order valence-corrected chi connectivity index (χ0v) is 12.0. The van der Waals surface area contributed by atoms with Gasteiger partial charge in [0.1, 0.15) is 21.9 Å². The van der Waals surface area contributed by atoms with E-state index in [-0.39, 0.29) is 17.9 Å². The molecule has 1 fully saturated rings. The van der Waals surface area contributed by atoms with E-state index in [0.717, 1.165) is 25.0 Å². The number of benzene rings is 1. The first-order valence-corrected chi connectivity index (χ1v) is 7.28. The second kappa shape index (κ2) is 3.94. The monoisotopic (exact) mass is 338 g/mol. The molecule has 6 nitrogen and oxygen atoms in total. The fourth-order valence-electron chi connectivity index (χ4n) is 3.21. The summed E-state index contributed by atoms with van der Waals surface area (Å²) in [5, 5.41) is 15.1. The number of ether oxygens (including phenoxy) is 1. The van der Waals surface area contributed by atoms with Crippen LogP contribution >= 0.6 is 15.9 Å². The normalized spacial score (nSPS) is 33.4. The zero-order chi connectivity index (χ0) is 13.9. The Morgan fingerprint density at radius 2 is 2.20 bits per heavy atom. The minimum absolute atomic E-state index is 0.0314. The van der Waals surface area contributed by atoms with Gasteiger partial charge in [0.15, 0.2) is 6.10 Å². The SMILES string of the molecule is O=[N+]([O-])c1ccc2c(c1)C1=NOC3CCCC(O2)C13Br. The average Bonchev–Trinajstić information content (AvgIpc) is 2.77. The summed E-state index contributed by atoms with van der Waals surface area (Å²) in [6, 6.07) is 4.61. The molecule has 20 heavy (non-hydrogen) atoms. The van der Waals surface area contributed by atoms with Gasteiger partial charge in [-0.25, -0.2) is 0 Å². The number of nitro groups is 1. The van der Waals surface area contributed by atoms with E-state index < -0.39 is 9.25 Å². The van der Waals surface area contributed by atoms with Crippen molar-refractivity contribution in [3.63, 3.8) is 0 Å². The van der Waals surface area contributed by atoms with Crippen LogP contribution < -0.4 is 4.74 Å². The number of halogens is 1. The van der Waals surface area contributed by atoms with Crippen LogP contribution in [0.15, 0.2) is 23.4 Å². The van der Waals surface area contributed by atoms with Crippen LogP contribution in [0.3, 0.4) is 0 Å². The summed E-state index contributed by atoms with van der Waals surface area (Å²) in [5.41, 5.74) is 1.40. The van der Waals surface area contributed by atoms with Gasteiger partial charge in [-0.1, -0.05) is 21.1 Å². The highest BCUT2D eigenvalue weighted by atomic mass is 79.9. The molecule has 1 saturated carbocycles. The Kier molecular flexibility index (Phi) is 2.39. The third kappa shape index (κ3) is 1.41. The molecule has 0 bridgehead atoms.